The molecule has 0 aliphatic carbocycles. The predicted octanol–water partition coefficient (Wildman–Crippen LogP) is 2.70. The number of rotatable bonds is 6. The van der Waals surface area contributed by atoms with Crippen molar-refractivity contribution in [2.75, 3.05) is 13.1 Å². The molecular formula is C20H29NO4. The maximum absolute atomic E-state index is 12.6. The summed E-state index contributed by atoms with van der Waals surface area (Å²) in [7, 11) is 0. The number of aliphatic hydroxyl groups is 1. The van der Waals surface area contributed by atoms with E-state index in [2.05, 4.69) is 12.1 Å². The average molecular weight is 347 g/mol. The first-order chi connectivity index (χ1) is 11.8. The van der Waals surface area contributed by atoms with Gasteiger partial charge < -0.3 is 15.1 Å². The van der Waals surface area contributed by atoms with Gasteiger partial charge in [-0.15, -0.1) is 0 Å². The Morgan fingerprint density at radius 2 is 2.04 bits per heavy atom. The Balaban J connectivity index is 2.05. The smallest absolute Gasteiger partial charge is 0.314 e. The van der Waals surface area contributed by atoms with Gasteiger partial charge in [0.15, 0.2) is 0 Å². The fourth-order valence-corrected chi connectivity index (χ4v) is 3.83. The number of aliphatic hydroxyl groups excluding tert-OH is 1. The largest absolute Gasteiger partial charge is 0.481 e. The van der Waals surface area contributed by atoms with Gasteiger partial charge in [-0.25, -0.2) is 0 Å². The standard InChI is InChI=1S/C20H29NO4/c1-4-10-20(19(24)25)13-21(11-9-17(20)22)18(23)8-7-16-6-5-14(2)12-15(16)3/h5-6,12,17,22H,4,7-11,13H2,1-3H3,(H,24,25)/t17-,20+/m0/s1. The lowest BCUT2D eigenvalue weighted by Crippen LogP contribution is -2.57. The number of piperidine rings is 1. The molecule has 0 radical (unpaired) electrons. The van der Waals surface area contributed by atoms with Crippen LogP contribution in [-0.4, -0.2) is 46.2 Å². The molecule has 0 saturated carbocycles. The van der Waals surface area contributed by atoms with Crippen LogP contribution >= 0.6 is 0 Å². The maximum atomic E-state index is 12.6. The number of carbonyl (C=O) groups excluding carboxylic acids is 1. The van der Waals surface area contributed by atoms with Gasteiger partial charge in [0.1, 0.15) is 5.41 Å². The predicted molar refractivity (Wildman–Crippen MR) is 96.4 cm³/mol. The SMILES string of the molecule is CCC[C@@]1(C(=O)O)CN(C(=O)CCc2ccc(C)cc2C)CC[C@@H]1O. The van der Waals surface area contributed by atoms with Crippen LogP contribution in [0.5, 0.6) is 0 Å². The summed E-state index contributed by atoms with van der Waals surface area (Å²) >= 11 is 0. The highest BCUT2D eigenvalue weighted by molar-refractivity contribution is 5.80. The molecule has 2 rings (SSSR count). The molecule has 1 fully saturated rings. The van der Waals surface area contributed by atoms with Gasteiger partial charge in [0.25, 0.3) is 0 Å². The third-order valence-electron chi connectivity index (χ3n) is 5.36. The van der Waals surface area contributed by atoms with E-state index in [9.17, 15) is 19.8 Å². The van der Waals surface area contributed by atoms with Gasteiger partial charge in [-0.1, -0.05) is 37.1 Å². The first-order valence-electron chi connectivity index (χ1n) is 9.05. The summed E-state index contributed by atoms with van der Waals surface area (Å²) in [6, 6.07) is 6.20. The molecule has 1 aliphatic heterocycles. The van der Waals surface area contributed by atoms with Crippen LogP contribution in [0, 0.1) is 19.3 Å². The van der Waals surface area contributed by atoms with Crippen LogP contribution in [0.1, 0.15) is 49.3 Å². The van der Waals surface area contributed by atoms with Crippen LogP contribution in [0.25, 0.3) is 0 Å². The molecule has 1 heterocycles. The van der Waals surface area contributed by atoms with Crippen molar-refractivity contribution in [1.29, 1.82) is 0 Å². The zero-order valence-electron chi connectivity index (χ0n) is 15.4. The zero-order valence-corrected chi connectivity index (χ0v) is 15.4. The van der Waals surface area contributed by atoms with E-state index in [1.807, 2.05) is 26.8 Å². The summed E-state index contributed by atoms with van der Waals surface area (Å²) in [5.74, 6) is -1.04. The van der Waals surface area contributed by atoms with Gasteiger partial charge in [-0.05, 0) is 44.2 Å². The number of carboxylic acid groups (broad SMARTS) is 1. The number of aliphatic carboxylic acids is 1. The Hall–Kier alpha value is -1.88. The van der Waals surface area contributed by atoms with Crippen LogP contribution < -0.4 is 0 Å². The topological polar surface area (TPSA) is 77.8 Å². The lowest BCUT2D eigenvalue weighted by molar-refractivity contribution is -0.166. The summed E-state index contributed by atoms with van der Waals surface area (Å²) in [4.78, 5) is 26.1. The zero-order chi connectivity index (χ0) is 18.6. The number of amides is 1. The van der Waals surface area contributed by atoms with E-state index >= 15 is 0 Å². The average Bonchev–Trinajstić information content (AvgIpc) is 2.55. The molecule has 0 spiro atoms. The molecular weight excluding hydrogens is 318 g/mol. The molecule has 2 atom stereocenters. The number of hydrogen-bond acceptors (Lipinski definition) is 3. The van der Waals surface area contributed by atoms with E-state index in [0.29, 0.717) is 38.6 Å². The number of benzene rings is 1. The monoisotopic (exact) mass is 347 g/mol. The summed E-state index contributed by atoms with van der Waals surface area (Å²) in [5.41, 5.74) is 2.28. The fraction of sp³-hybridized carbons (Fsp3) is 0.600. The molecule has 0 aromatic heterocycles. The molecule has 2 N–H and O–H groups in total. The van der Waals surface area contributed by atoms with Crippen molar-refractivity contribution in [1.82, 2.24) is 4.90 Å². The molecule has 1 aliphatic rings. The third kappa shape index (κ3) is 4.21. The van der Waals surface area contributed by atoms with E-state index in [-0.39, 0.29) is 12.5 Å². The highest BCUT2D eigenvalue weighted by Crippen LogP contribution is 2.35. The maximum Gasteiger partial charge on any atom is 0.314 e. The minimum atomic E-state index is -1.23. The molecule has 0 unspecified atom stereocenters. The minimum absolute atomic E-state index is 0.0337. The second-order valence-electron chi connectivity index (χ2n) is 7.26. The van der Waals surface area contributed by atoms with Crippen LogP contribution in [-0.2, 0) is 16.0 Å². The number of carboxylic acids is 1. The number of likely N-dealkylation sites (tertiary alicyclic amines) is 1. The highest BCUT2D eigenvalue weighted by atomic mass is 16.4. The van der Waals surface area contributed by atoms with E-state index in [0.717, 1.165) is 5.56 Å². The van der Waals surface area contributed by atoms with Crippen molar-refractivity contribution >= 4 is 11.9 Å². The molecule has 5 heteroatoms. The van der Waals surface area contributed by atoms with Crippen LogP contribution in [0.4, 0.5) is 0 Å². The first-order valence-corrected chi connectivity index (χ1v) is 9.05. The lowest BCUT2D eigenvalue weighted by Gasteiger charge is -2.43. The van der Waals surface area contributed by atoms with Crippen molar-refractivity contribution < 1.29 is 19.8 Å². The Kier molecular flexibility index (Phi) is 6.22. The van der Waals surface area contributed by atoms with Gasteiger partial charge in [-0.2, -0.15) is 0 Å². The van der Waals surface area contributed by atoms with E-state index in [4.69, 9.17) is 0 Å². The van der Waals surface area contributed by atoms with Crippen molar-refractivity contribution in [3.05, 3.63) is 34.9 Å². The molecule has 1 aromatic rings. The van der Waals surface area contributed by atoms with Crippen LogP contribution in [0.2, 0.25) is 0 Å². The minimum Gasteiger partial charge on any atom is -0.481 e. The number of hydrogen-bond donors (Lipinski definition) is 2. The molecule has 5 nitrogen and oxygen atoms in total. The summed E-state index contributed by atoms with van der Waals surface area (Å²) in [6.07, 6.45) is 1.48. The molecule has 1 saturated heterocycles. The second kappa shape index (κ2) is 8.00. The highest BCUT2D eigenvalue weighted by Gasteiger charge is 2.49. The van der Waals surface area contributed by atoms with Crippen molar-refractivity contribution in [3.63, 3.8) is 0 Å². The summed E-state index contributed by atoms with van der Waals surface area (Å²) < 4.78 is 0. The summed E-state index contributed by atoms with van der Waals surface area (Å²) in [6.45, 7) is 6.51. The van der Waals surface area contributed by atoms with Crippen LogP contribution in [0.15, 0.2) is 18.2 Å². The summed E-state index contributed by atoms with van der Waals surface area (Å²) in [5, 5.41) is 19.9. The van der Waals surface area contributed by atoms with Crippen molar-refractivity contribution in [2.45, 2.75) is 59.0 Å². The normalized spacial score (nSPS) is 23.5. The molecule has 25 heavy (non-hydrogen) atoms. The van der Waals surface area contributed by atoms with Gasteiger partial charge in [0.05, 0.1) is 6.10 Å². The molecule has 0 bridgehead atoms. The Bertz CT molecular complexity index is 643. The third-order valence-corrected chi connectivity index (χ3v) is 5.36. The molecule has 1 aromatic carbocycles. The van der Waals surface area contributed by atoms with Gasteiger partial charge >= 0.3 is 5.97 Å². The molecule has 138 valence electrons. The Morgan fingerprint density at radius 1 is 1.32 bits per heavy atom. The van der Waals surface area contributed by atoms with E-state index in [1.54, 1.807) is 4.90 Å². The Morgan fingerprint density at radius 3 is 2.64 bits per heavy atom. The van der Waals surface area contributed by atoms with Gasteiger partial charge in [0.2, 0.25) is 5.91 Å². The quantitative estimate of drug-likeness (QED) is 0.829. The van der Waals surface area contributed by atoms with E-state index < -0.39 is 17.5 Å². The second-order valence-corrected chi connectivity index (χ2v) is 7.26. The first kappa shape index (κ1) is 19.4. The number of carbonyl (C=O) groups is 2. The van der Waals surface area contributed by atoms with Crippen molar-refractivity contribution in [2.24, 2.45) is 5.41 Å². The fourth-order valence-electron chi connectivity index (χ4n) is 3.83. The van der Waals surface area contributed by atoms with Crippen molar-refractivity contribution in [3.8, 4) is 0 Å². The number of nitrogens with zero attached hydrogens (tertiary/aromatic N) is 1. The Labute approximate surface area is 149 Å². The van der Waals surface area contributed by atoms with Gasteiger partial charge in [0, 0.05) is 19.5 Å². The molecule has 1 amide bonds. The number of aryl methyl sites for hydroxylation is 3. The van der Waals surface area contributed by atoms with E-state index in [1.165, 1.54) is 11.1 Å². The van der Waals surface area contributed by atoms with Crippen LogP contribution in [0.3, 0.4) is 0 Å². The van der Waals surface area contributed by atoms with Gasteiger partial charge in [-0.3, -0.25) is 9.59 Å². The lowest BCUT2D eigenvalue weighted by atomic mass is 9.74.